The van der Waals surface area contributed by atoms with Crippen molar-refractivity contribution < 1.29 is 9.13 Å². The van der Waals surface area contributed by atoms with Crippen LogP contribution in [-0.4, -0.2) is 19.7 Å². The van der Waals surface area contributed by atoms with Crippen molar-refractivity contribution in [3.8, 4) is 5.75 Å². The molecule has 1 aliphatic rings. The fourth-order valence-corrected chi connectivity index (χ4v) is 1.69. The molecular weight excluding hydrogens is 229 g/mol. The zero-order valence-corrected chi connectivity index (χ0v) is 9.77. The van der Waals surface area contributed by atoms with Crippen molar-refractivity contribution in [3.63, 3.8) is 0 Å². The Morgan fingerprint density at radius 2 is 2.25 bits per heavy atom. The highest BCUT2D eigenvalue weighted by Crippen LogP contribution is 2.28. The molecule has 0 spiro atoms. The first-order valence-corrected chi connectivity index (χ1v) is 5.92. The molecular formula is C12H15ClFNO. The van der Waals surface area contributed by atoms with Crippen molar-refractivity contribution in [2.75, 3.05) is 19.7 Å². The number of halogens is 2. The molecule has 1 aromatic rings. The van der Waals surface area contributed by atoms with Gasteiger partial charge in [0, 0.05) is 6.54 Å². The quantitative estimate of drug-likeness (QED) is 0.776. The highest BCUT2D eigenvalue weighted by molar-refractivity contribution is 6.32. The summed E-state index contributed by atoms with van der Waals surface area (Å²) in [6.45, 7) is 2.20. The molecule has 1 aliphatic carbocycles. The largest absolute Gasteiger partial charge is 0.488 e. The molecule has 0 aromatic heterocycles. The Hall–Kier alpha value is -0.800. The van der Waals surface area contributed by atoms with Crippen LogP contribution in [0.25, 0.3) is 0 Å². The molecule has 0 amide bonds. The molecule has 2 nitrogen and oxygen atoms in total. The van der Waals surface area contributed by atoms with Crippen LogP contribution in [0, 0.1) is 11.7 Å². The van der Waals surface area contributed by atoms with Gasteiger partial charge in [-0.2, -0.15) is 0 Å². The van der Waals surface area contributed by atoms with Crippen molar-refractivity contribution in [1.82, 2.24) is 5.32 Å². The number of hydrogen-bond acceptors (Lipinski definition) is 2. The summed E-state index contributed by atoms with van der Waals surface area (Å²) in [6.07, 6.45) is 2.65. The van der Waals surface area contributed by atoms with E-state index in [9.17, 15) is 4.39 Å². The molecule has 0 aliphatic heterocycles. The first kappa shape index (κ1) is 11.7. The topological polar surface area (TPSA) is 21.3 Å². The summed E-state index contributed by atoms with van der Waals surface area (Å²) < 4.78 is 18.6. The third-order valence-corrected chi connectivity index (χ3v) is 2.87. The summed E-state index contributed by atoms with van der Waals surface area (Å²) in [5.41, 5.74) is 0. The first-order valence-electron chi connectivity index (χ1n) is 5.55. The average molecular weight is 244 g/mol. The predicted molar refractivity (Wildman–Crippen MR) is 62.5 cm³/mol. The second-order valence-electron chi connectivity index (χ2n) is 4.05. The van der Waals surface area contributed by atoms with Gasteiger partial charge in [0.05, 0.1) is 5.02 Å². The lowest BCUT2D eigenvalue weighted by Gasteiger charge is -2.09. The van der Waals surface area contributed by atoms with E-state index in [1.807, 2.05) is 0 Å². The standard InChI is InChI=1S/C12H15ClFNO/c13-10-2-1-3-11(14)12(10)16-7-6-15-8-9-4-5-9/h1-3,9,15H,4-8H2. The van der Waals surface area contributed by atoms with Gasteiger partial charge in [-0.25, -0.2) is 4.39 Å². The number of ether oxygens (including phenoxy) is 1. The Bertz CT molecular complexity index is 335. The summed E-state index contributed by atoms with van der Waals surface area (Å²) in [5.74, 6) is 0.587. The van der Waals surface area contributed by atoms with Gasteiger partial charge in [-0.15, -0.1) is 0 Å². The van der Waals surface area contributed by atoms with Gasteiger partial charge < -0.3 is 10.1 Å². The summed E-state index contributed by atoms with van der Waals surface area (Å²) in [7, 11) is 0. The van der Waals surface area contributed by atoms with Crippen LogP contribution in [0.1, 0.15) is 12.8 Å². The molecule has 1 fully saturated rings. The summed E-state index contributed by atoms with van der Waals surface area (Å²) in [4.78, 5) is 0. The molecule has 2 rings (SSSR count). The van der Waals surface area contributed by atoms with Gasteiger partial charge in [0.2, 0.25) is 0 Å². The Morgan fingerprint density at radius 3 is 2.94 bits per heavy atom. The van der Waals surface area contributed by atoms with Gasteiger partial charge in [-0.05, 0) is 37.4 Å². The SMILES string of the molecule is Fc1cccc(Cl)c1OCCNCC1CC1. The summed E-state index contributed by atoms with van der Waals surface area (Å²) in [5, 5.41) is 3.59. The second-order valence-corrected chi connectivity index (χ2v) is 4.45. The van der Waals surface area contributed by atoms with Crippen LogP contribution in [0.15, 0.2) is 18.2 Å². The molecule has 0 atom stereocenters. The van der Waals surface area contributed by atoms with E-state index in [4.69, 9.17) is 16.3 Å². The van der Waals surface area contributed by atoms with Crippen LogP contribution in [0.2, 0.25) is 5.02 Å². The number of para-hydroxylation sites is 1. The van der Waals surface area contributed by atoms with E-state index in [-0.39, 0.29) is 5.75 Å². The van der Waals surface area contributed by atoms with Gasteiger partial charge in [0.25, 0.3) is 0 Å². The number of benzene rings is 1. The molecule has 0 bridgehead atoms. The van der Waals surface area contributed by atoms with Crippen LogP contribution in [0.5, 0.6) is 5.75 Å². The normalized spacial score (nSPS) is 15.1. The van der Waals surface area contributed by atoms with Gasteiger partial charge in [-0.3, -0.25) is 0 Å². The van der Waals surface area contributed by atoms with E-state index in [0.29, 0.717) is 11.6 Å². The van der Waals surface area contributed by atoms with Gasteiger partial charge in [-0.1, -0.05) is 17.7 Å². The Kier molecular flexibility index (Phi) is 4.02. The minimum absolute atomic E-state index is 0.150. The number of hydrogen-bond donors (Lipinski definition) is 1. The Balaban J connectivity index is 1.71. The Labute approximate surface area is 99.7 Å². The predicted octanol–water partition coefficient (Wildman–Crippen LogP) is 2.86. The minimum Gasteiger partial charge on any atom is -0.488 e. The molecule has 1 aromatic carbocycles. The lowest BCUT2D eigenvalue weighted by atomic mass is 10.3. The van der Waals surface area contributed by atoms with Gasteiger partial charge in [0.15, 0.2) is 11.6 Å². The molecule has 0 unspecified atom stereocenters. The first-order chi connectivity index (χ1) is 7.77. The van der Waals surface area contributed by atoms with Crippen molar-refractivity contribution in [2.24, 2.45) is 5.92 Å². The van der Waals surface area contributed by atoms with E-state index in [2.05, 4.69) is 5.32 Å². The lowest BCUT2D eigenvalue weighted by molar-refractivity contribution is 0.298. The number of nitrogens with one attached hydrogen (secondary N) is 1. The molecule has 0 radical (unpaired) electrons. The van der Waals surface area contributed by atoms with E-state index >= 15 is 0 Å². The highest BCUT2D eigenvalue weighted by atomic mass is 35.5. The molecule has 0 saturated heterocycles. The smallest absolute Gasteiger partial charge is 0.173 e. The van der Waals surface area contributed by atoms with Crippen LogP contribution in [0.3, 0.4) is 0 Å². The fraction of sp³-hybridized carbons (Fsp3) is 0.500. The minimum atomic E-state index is -0.408. The second kappa shape index (κ2) is 5.51. The lowest BCUT2D eigenvalue weighted by Crippen LogP contribution is -2.23. The average Bonchev–Trinajstić information content (AvgIpc) is 3.05. The van der Waals surface area contributed by atoms with E-state index < -0.39 is 5.82 Å². The van der Waals surface area contributed by atoms with Crippen molar-refractivity contribution >= 4 is 11.6 Å². The highest BCUT2D eigenvalue weighted by Gasteiger charge is 2.20. The third-order valence-electron chi connectivity index (χ3n) is 2.57. The van der Waals surface area contributed by atoms with Crippen molar-refractivity contribution in [1.29, 1.82) is 0 Å². The van der Waals surface area contributed by atoms with Crippen LogP contribution >= 0.6 is 11.6 Å². The summed E-state index contributed by atoms with van der Waals surface area (Å²) in [6, 6.07) is 4.53. The van der Waals surface area contributed by atoms with Crippen LogP contribution < -0.4 is 10.1 Å². The summed E-state index contributed by atoms with van der Waals surface area (Å²) >= 11 is 5.82. The Morgan fingerprint density at radius 1 is 1.44 bits per heavy atom. The maximum atomic E-state index is 13.3. The maximum Gasteiger partial charge on any atom is 0.173 e. The zero-order chi connectivity index (χ0) is 11.4. The van der Waals surface area contributed by atoms with Crippen molar-refractivity contribution in [2.45, 2.75) is 12.8 Å². The van der Waals surface area contributed by atoms with Crippen LogP contribution in [0.4, 0.5) is 4.39 Å². The molecule has 0 heterocycles. The van der Waals surface area contributed by atoms with Gasteiger partial charge in [0.1, 0.15) is 6.61 Å². The van der Waals surface area contributed by atoms with Gasteiger partial charge >= 0.3 is 0 Å². The number of rotatable bonds is 6. The monoisotopic (exact) mass is 243 g/mol. The van der Waals surface area contributed by atoms with E-state index in [0.717, 1.165) is 19.0 Å². The third kappa shape index (κ3) is 3.35. The molecule has 16 heavy (non-hydrogen) atoms. The van der Waals surface area contributed by atoms with E-state index in [1.54, 1.807) is 12.1 Å². The van der Waals surface area contributed by atoms with Crippen molar-refractivity contribution in [3.05, 3.63) is 29.0 Å². The molecule has 4 heteroatoms. The fourth-order valence-electron chi connectivity index (χ4n) is 1.47. The molecule has 1 saturated carbocycles. The maximum absolute atomic E-state index is 13.3. The van der Waals surface area contributed by atoms with Crippen LogP contribution in [-0.2, 0) is 0 Å². The van der Waals surface area contributed by atoms with E-state index in [1.165, 1.54) is 18.9 Å². The molecule has 88 valence electrons. The zero-order valence-electron chi connectivity index (χ0n) is 9.01. The molecule has 1 N–H and O–H groups in total.